The van der Waals surface area contributed by atoms with E-state index in [2.05, 4.69) is 32.9 Å². The van der Waals surface area contributed by atoms with Gasteiger partial charge in [0.05, 0.1) is 0 Å². The summed E-state index contributed by atoms with van der Waals surface area (Å²) in [5.74, 6) is 0.929. The predicted octanol–water partition coefficient (Wildman–Crippen LogP) is 1.80. The summed E-state index contributed by atoms with van der Waals surface area (Å²) in [6.45, 7) is 1.93. The molecule has 0 bridgehead atoms. The molecule has 9 heavy (non-hydrogen) atoms. The molecule has 0 aromatic heterocycles. The first kappa shape index (κ1) is 6.80. The van der Waals surface area contributed by atoms with E-state index in [1.54, 1.807) is 0 Å². The molecular weight excluding hydrogens is 227 g/mol. The van der Waals surface area contributed by atoms with Crippen molar-refractivity contribution in [3.8, 4) is 0 Å². The number of nitrogens with zero attached hydrogens (tertiary/aromatic N) is 1. The average molecular weight is 234 g/mol. The van der Waals surface area contributed by atoms with Crippen LogP contribution in [-0.2, 0) is 0 Å². The largest absolute Gasteiger partial charge is 0.350 e. The van der Waals surface area contributed by atoms with Crippen LogP contribution < -0.4 is 5.32 Å². The monoisotopic (exact) mass is 234 g/mol. The van der Waals surface area contributed by atoms with Gasteiger partial charge < -0.3 is 5.32 Å². The van der Waals surface area contributed by atoms with Gasteiger partial charge in [-0.2, -0.15) is 0 Å². The number of rotatable bonds is 0. The highest BCUT2D eigenvalue weighted by molar-refractivity contribution is 14.1. The summed E-state index contributed by atoms with van der Waals surface area (Å²) in [5, 5.41) is 2.99. The fourth-order valence-corrected chi connectivity index (χ4v) is 0.800. The second-order valence-electron chi connectivity index (χ2n) is 1.71. The molecule has 0 amide bonds. The summed E-state index contributed by atoms with van der Waals surface area (Å²) in [6.07, 6.45) is 5.68. The van der Waals surface area contributed by atoms with Gasteiger partial charge in [-0.15, -0.1) is 0 Å². The van der Waals surface area contributed by atoms with Crippen molar-refractivity contribution in [2.24, 2.45) is 4.99 Å². The lowest BCUT2D eigenvalue weighted by Gasteiger charge is -1.91. The maximum absolute atomic E-state index is 4.08. The molecule has 0 aromatic carbocycles. The smallest absolute Gasteiger partial charge is 0.102 e. The van der Waals surface area contributed by atoms with Gasteiger partial charge in [-0.1, -0.05) is 0 Å². The molecule has 0 saturated heterocycles. The summed E-state index contributed by atoms with van der Waals surface area (Å²) >= 11 is 2.22. The van der Waals surface area contributed by atoms with E-state index in [4.69, 9.17) is 0 Å². The molecule has 0 aromatic rings. The number of hydrogen-bond acceptors (Lipinski definition) is 2. The number of nitrogens with one attached hydrogen (secondary N) is 1. The van der Waals surface area contributed by atoms with Gasteiger partial charge in [0.1, 0.15) is 5.84 Å². The van der Waals surface area contributed by atoms with Gasteiger partial charge in [0.15, 0.2) is 0 Å². The number of allylic oxidation sites excluding steroid dienone is 2. The van der Waals surface area contributed by atoms with Crippen LogP contribution in [0.5, 0.6) is 0 Å². The van der Waals surface area contributed by atoms with Crippen molar-refractivity contribution >= 4 is 28.4 Å². The van der Waals surface area contributed by atoms with Crippen LogP contribution in [0.15, 0.2) is 27.0 Å². The fraction of sp³-hybridized carbons (Fsp3) is 0.167. The molecule has 48 valence electrons. The first-order valence-corrected chi connectivity index (χ1v) is 3.70. The molecule has 0 unspecified atom stereocenters. The van der Waals surface area contributed by atoms with Crippen molar-refractivity contribution in [1.29, 1.82) is 0 Å². The molecule has 1 aliphatic rings. The molecule has 0 atom stereocenters. The standard InChI is InChI=1S/C6H7IN2/c1-5-8-3-2-6(7)4-9-5/h2-4H,1H3,(H,8,9). The van der Waals surface area contributed by atoms with E-state index in [9.17, 15) is 0 Å². The Balaban J connectivity index is 2.80. The molecule has 0 aliphatic carbocycles. The zero-order valence-electron chi connectivity index (χ0n) is 5.06. The Hall–Kier alpha value is -0.320. The minimum atomic E-state index is 0.929. The number of hydrogen-bond donors (Lipinski definition) is 1. The zero-order chi connectivity index (χ0) is 6.69. The molecule has 1 N–H and O–H groups in total. The molecule has 1 rings (SSSR count). The molecule has 2 nitrogen and oxygen atoms in total. The second-order valence-corrected chi connectivity index (χ2v) is 2.95. The average Bonchev–Trinajstić information content (AvgIpc) is 1.97. The quantitative estimate of drug-likeness (QED) is 0.635. The summed E-state index contributed by atoms with van der Waals surface area (Å²) < 4.78 is 1.14. The second kappa shape index (κ2) is 3.00. The Labute approximate surface area is 67.9 Å². The molecule has 0 radical (unpaired) electrons. The summed E-state index contributed by atoms with van der Waals surface area (Å²) in [7, 11) is 0. The maximum atomic E-state index is 4.08. The van der Waals surface area contributed by atoms with Crippen LogP contribution in [-0.4, -0.2) is 5.84 Å². The Bertz CT molecular complexity index is 191. The summed E-state index contributed by atoms with van der Waals surface area (Å²) in [5.41, 5.74) is 0. The van der Waals surface area contributed by atoms with Crippen molar-refractivity contribution in [3.63, 3.8) is 0 Å². The van der Waals surface area contributed by atoms with E-state index in [0.717, 1.165) is 9.42 Å². The molecular formula is C6H7IN2. The molecule has 1 aliphatic heterocycles. The van der Waals surface area contributed by atoms with Gasteiger partial charge in [-0.3, -0.25) is 0 Å². The molecule has 0 spiro atoms. The minimum Gasteiger partial charge on any atom is -0.350 e. The summed E-state index contributed by atoms with van der Waals surface area (Å²) in [4.78, 5) is 4.08. The normalized spacial score (nSPS) is 17.6. The fourth-order valence-electron chi connectivity index (χ4n) is 0.481. The van der Waals surface area contributed by atoms with Crippen LogP contribution in [0.3, 0.4) is 0 Å². The van der Waals surface area contributed by atoms with Crippen molar-refractivity contribution in [3.05, 3.63) is 22.1 Å². The lowest BCUT2D eigenvalue weighted by atomic mass is 10.6. The Morgan fingerprint density at radius 3 is 3.22 bits per heavy atom. The van der Waals surface area contributed by atoms with Crippen molar-refractivity contribution in [2.75, 3.05) is 0 Å². The summed E-state index contributed by atoms with van der Waals surface area (Å²) in [6, 6.07) is 0. The molecule has 1 heterocycles. The number of halogens is 1. The van der Waals surface area contributed by atoms with Gasteiger partial charge in [0.25, 0.3) is 0 Å². The molecule has 0 fully saturated rings. The third kappa shape index (κ3) is 2.17. The van der Waals surface area contributed by atoms with Gasteiger partial charge in [-0.05, 0) is 35.6 Å². The van der Waals surface area contributed by atoms with Crippen LogP contribution in [0, 0.1) is 0 Å². The zero-order valence-corrected chi connectivity index (χ0v) is 7.21. The maximum Gasteiger partial charge on any atom is 0.102 e. The predicted molar refractivity (Wildman–Crippen MR) is 47.5 cm³/mol. The van der Waals surface area contributed by atoms with Gasteiger partial charge in [-0.25, -0.2) is 4.99 Å². The van der Waals surface area contributed by atoms with Crippen molar-refractivity contribution in [1.82, 2.24) is 5.32 Å². The number of aliphatic imine (C=N–C) groups is 1. The molecule has 0 saturated carbocycles. The van der Waals surface area contributed by atoms with Crippen molar-refractivity contribution < 1.29 is 0 Å². The van der Waals surface area contributed by atoms with Gasteiger partial charge in [0, 0.05) is 16.0 Å². The van der Waals surface area contributed by atoms with Gasteiger partial charge in [0.2, 0.25) is 0 Å². The highest BCUT2D eigenvalue weighted by atomic mass is 127. The lowest BCUT2D eigenvalue weighted by Crippen LogP contribution is -2.10. The van der Waals surface area contributed by atoms with Crippen LogP contribution in [0.1, 0.15) is 6.92 Å². The van der Waals surface area contributed by atoms with Crippen LogP contribution in [0.4, 0.5) is 0 Å². The highest BCUT2D eigenvalue weighted by Crippen LogP contribution is 2.08. The van der Waals surface area contributed by atoms with Crippen LogP contribution in [0.25, 0.3) is 0 Å². The van der Waals surface area contributed by atoms with Crippen LogP contribution >= 0.6 is 22.6 Å². The van der Waals surface area contributed by atoms with Crippen LogP contribution in [0.2, 0.25) is 0 Å². The molecule has 3 heteroatoms. The Morgan fingerprint density at radius 2 is 2.44 bits per heavy atom. The topological polar surface area (TPSA) is 24.4 Å². The third-order valence-corrected chi connectivity index (χ3v) is 1.55. The Kier molecular flexibility index (Phi) is 2.27. The van der Waals surface area contributed by atoms with E-state index < -0.39 is 0 Å². The van der Waals surface area contributed by atoms with E-state index in [1.165, 1.54) is 0 Å². The van der Waals surface area contributed by atoms with E-state index in [-0.39, 0.29) is 0 Å². The third-order valence-electron chi connectivity index (χ3n) is 0.916. The van der Waals surface area contributed by atoms with E-state index in [0.29, 0.717) is 0 Å². The first-order chi connectivity index (χ1) is 4.29. The van der Waals surface area contributed by atoms with Crippen molar-refractivity contribution in [2.45, 2.75) is 6.92 Å². The highest BCUT2D eigenvalue weighted by Gasteiger charge is 1.89. The van der Waals surface area contributed by atoms with E-state index in [1.807, 2.05) is 25.4 Å². The van der Waals surface area contributed by atoms with E-state index >= 15 is 0 Å². The number of amidine groups is 1. The first-order valence-electron chi connectivity index (χ1n) is 2.62. The SMILES string of the molecule is CC1=NC=C(I)C=CN1. The lowest BCUT2D eigenvalue weighted by molar-refractivity contribution is 1.25. The minimum absolute atomic E-state index is 0.929. The van der Waals surface area contributed by atoms with Gasteiger partial charge >= 0.3 is 0 Å². The Morgan fingerprint density at radius 1 is 1.67 bits per heavy atom.